The summed E-state index contributed by atoms with van der Waals surface area (Å²) in [5, 5.41) is 2.60. The van der Waals surface area contributed by atoms with E-state index in [9.17, 15) is 31.2 Å². The number of nitrogens with zero attached hydrogens (tertiary/aromatic N) is 2. The zero-order valence-electron chi connectivity index (χ0n) is 20.2. The van der Waals surface area contributed by atoms with Gasteiger partial charge in [0, 0.05) is 55.5 Å². The Hall–Kier alpha value is -3.64. The highest BCUT2D eigenvalue weighted by atomic mass is 32.2. The number of fused-ring (bicyclic) bond motifs is 4. The second-order valence-corrected chi connectivity index (χ2v) is 11.4. The number of rotatable bonds is 5. The number of anilines is 1. The molecule has 2 aliphatic heterocycles. The third kappa shape index (κ3) is 5.18. The largest absolute Gasteiger partial charge is 0.573 e. The summed E-state index contributed by atoms with van der Waals surface area (Å²) < 4.78 is 71.7. The van der Waals surface area contributed by atoms with Crippen LogP contribution < -0.4 is 15.6 Å². The zero-order chi connectivity index (χ0) is 27.2. The molecule has 2 aromatic carbocycles. The number of hydrogen-bond donors (Lipinski definition) is 1. The number of aromatic nitrogens is 1. The summed E-state index contributed by atoms with van der Waals surface area (Å²) in [5.41, 5.74) is 2.19. The van der Waals surface area contributed by atoms with Gasteiger partial charge in [0.05, 0.1) is 4.90 Å². The summed E-state index contributed by atoms with van der Waals surface area (Å²) in [6, 6.07) is 14.4. The number of amides is 1. The molecule has 2 aliphatic rings. The van der Waals surface area contributed by atoms with Crippen LogP contribution in [0.5, 0.6) is 5.75 Å². The number of pyridine rings is 1. The van der Waals surface area contributed by atoms with E-state index in [4.69, 9.17) is 0 Å². The van der Waals surface area contributed by atoms with Crippen LogP contribution >= 0.6 is 0 Å². The molecule has 8 nitrogen and oxygen atoms in total. The van der Waals surface area contributed by atoms with Crippen molar-refractivity contribution in [3.8, 4) is 16.9 Å². The molecule has 38 heavy (non-hydrogen) atoms. The molecule has 0 radical (unpaired) electrons. The first-order chi connectivity index (χ1) is 17.9. The minimum Gasteiger partial charge on any atom is -0.406 e. The van der Waals surface area contributed by atoms with Crippen molar-refractivity contribution in [2.75, 3.05) is 18.4 Å². The zero-order valence-corrected chi connectivity index (χ0v) is 21.1. The van der Waals surface area contributed by atoms with Gasteiger partial charge in [0.25, 0.3) is 5.56 Å². The molecule has 1 aromatic heterocycles. The number of benzene rings is 2. The van der Waals surface area contributed by atoms with E-state index in [-0.39, 0.29) is 47.0 Å². The van der Waals surface area contributed by atoms with Crippen LogP contribution in [0.4, 0.5) is 18.9 Å². The fraction of sp³-hybridized carbons (Fsp3) is 0.308. The van der Waals surface area contributed by atoms with Crippen molar-refractivity contribution in [3.05, 3.63) is 76.7 Å². The van der Waals surface area contributed by atoms with Crippen molar-refractivity contribution >= 4 is 21.6 Å². The predicted molar refractivity (Wildman–Crippen MR) is 133 cm³/mol. The SMILES string of the molecule is CC(=O)Nc1ccc(S(=O)(=O)N2C[C@@H]3C[C@H](C2)c2c(-c4ccc(OC(F)(F)F)cc4)ccc(=O)n2C3)cc1. The maximum Gasteiger partial charge on any atom is 0.573 e. The van der Waals surface area contributed by atoms with Crippen molar-refractivity contribution in [1.29, 1.82) is 0 Å². The highest BCUT2D eigenvalue weighted by molar-refractivity contribution is 7.89. The number of sulfonamides is 1. The smallest absolute Gasteiger partial charge is 0.406 e. The van der Waals surface area contributed by atoms with Crippen LogP contribution in [-0.2, 0) is 21.4 Å². The number of nitrogens with one attached hydrogen (secondary N) is 1. The van der Waals surface area contributed by atoms with Crippen LogP contribution in [0, 0.1) is 5.92 Å². The Balaban J connectivity index is 1.46. The van der Waals surface area contributed by atoms with Gasteiger partial charge in [-0.3, -0.25) is 9.59 Å². The molecule has 0 aliphatic carbocycles. The Morgan fingerprint density at radius 2 is 1.66 bits per heavy atom. The standard InChI is InChI=1S/C26H24F3N3O5S/c1-16(33)30-20-4-8-22(9-5-20)38(35,36)31-13-17-12-19(15-31)25-23(10-11-24(34)32(25)14-17)18-2-6-21(7-3-18)37-26(27,28)29/h2-11,17,19H,12-15H2,1H3,(H,30,33)/t17-,19+/m0/s1. The number of alkyl halides is 3. The molecule has 1 N–H and O–H groups in total. The lowest BCUT2D eigenvalue weighted by Gasteiger charge is -2.42. The molecule has 12 heteroatoms. The van der Waals surface area contributed by atoms with Crippen LogP contribution in [0.2, 0.25) is 0 Å². The van der Waals surface area contributed by atoms with Gasteiger partial charge in [0.1, 0.15) is 5.75 Å². The average molecular weight is 548 g/mol. The second-order valence-electron chi connectivity index (χ2n) is 9.48. The van der Waals surface area contributed by atoms with E-state index in [1.165, 1.54) is 65.8 Å². The topological polar surface area (TPSA) is 97.7 Å². The van der Waals surface area contributed by atoms with Gasteiger partial charge in [-0.2, -0.15) is 4.31 Å². The van der Waals surface area contributed by atoms with Crippen LogP contribution in [-0.4, -0.2) is 42.6 Å². The summed E-state index contributed by atoms with van der Waals surface area (Å²) in [4.78, 5) is 24.1. The summed E-state index contributed by atoms with van der Waals surface area (Å²) >= 11 is 0. The van der Waals surface area contributed by atoms with Gasteiger partial charge in [0.2, 0.25) is 15.9 Å². The number of ether oxygens (including phenoxy) is 1. The summed E-state index contributed by atoms with van der Waals surface area (Å²) in [5.74, 6) is -0.990. The van der Waals surface area contributed by atoms with Gasteiger partial charge in [-0.25, -0.2) is 8.42 Å². The molecular formula is C26H24F3N3O5S. The Morgan fingerprint density at radius 3 is 2.29 bits per heavy atom. The van der Waals surface area contributed by atoms with Gasteiger partial charge in [-0.05, 0) is 60.4 Å². The highest BCUT2D eigenvalue weighted by Gasteiger charge is 2.40. The van der Waals surface area contributed by atoms with E-state index in [0.717, 1.165) is 0 Å². The van der Waals surface area contributed by atoms with Crippen LogP contribution in [0.1, 0.15) is 25.0 Å². The first-order valence-corrected chi connectivity index (χ1v) is 13.3. The van der Waals surface area contributed by atoms with Gasteiger partial charge in [0.15, 0.2) is 0 Å². The quantitative estimate of drug-likeness (QED) is 0.517. The van der Waals surface area contributed by atoms with Gasteiger partial charge >= 0.3 is 6.36 Å². The first kappa shape index (κ1) is 26.0. The normalized spacial score (nSPS) is 19.5. The Kier molecular flexibility index (Phi) is 6.56. The molecule has 3 aromatic rings. The number of carbonyl (C=O) groups excluding carboxylic acids is 1. The van der Waals surface area contributed by atoms with Gasteiger partial charge in [-0.1, -0.05) is 12.1 Å². The van der Waals surface area contributed by atoms with Gasteiger partial charge in [-0.15, -0.1) is 13.2 Å². The maximum atomic E-state index is 13.5. The molecule has 2 bridgehead atoms. The minimum absolute atomic E-state index is 0.0785. The Bertz CT molecular complexity index is 1530. The molecule has 0 unspecified atom stereocenters. The lowest BCUT2D eigenvalue weighted by atomic mass is 9.81. The average Bonchev–Trinajstić information content (AvgIpc) is 2.84. The van der Waals surface area contributed by atoms with Crippen molar-refractivity contribution in [2.45, 2.75) is 37.1 Å². The van der Waals surface area contributed by atoms with Gasteiger partial charge < -0.3 is 14.6 Å². The molecule has 200 valence electrons. The molecule has 1 fully saturated rings. The van der Waals surface area contributed by atoms with Crippen LogP contribution in [0.15, 0.2) is 70.4 Å². The fourth-order valence-corrected chi connectivity index (χ4v) is 6.87. The van der Waals surface area contributed by atoms with E-state index >= 15 is 0 Å². The van der Waals surface area contributed by atoms with Crippen molar-refractivity contribution in [1.82, 2.24) is 8.87 Å². The monoisotopic (exact) mass is 547 g/mol. The summed E-state index contributed by atoms with van der Waals surface area (Å²) in [7, 11) is -3.85. The molecular weight excluding hydrogens is 523 g/mol. The van der Waals surface area contributed by atoms with Crippen molar-refractivity contribution < 1.29 is 31.1 Å². The van der Waals surface area contributed by atoms with E-state index in [1.54, 1.807) is 10.6 Å². The number of halogens is 3. The van der Waals surface area contributed by atoms with E-state index in [1.807, 2.05) is 0 Å². The second kappa shape index (κ2) is 9.59. The number of piperidine rings is 1. The minimum atomic E-state index is -4.81. The molecule has 5 rings (SSSR count). The maximum absolute atomic E-state index is 13.5. The third-order valence-electron chi connectivity index (χ3n) is 6.77. The van der Waals surface area contributed by atoms with E-state index in [0.29, 0.717) is 35.5 Å². The molecule has 1 amide bonds. The van der Waals surface area contributed by atoms with Crippen molar-refractivity contribution in [2.24, 2.45) is 5.92 Å². The summed E-state index contributed by atoms with van der Waals surface area (Å²) in [6.07, 6.45) is -4.13. The van der Waals surface area contributed by atoms with Crippen LogP contribution in [0.3, 0.4) is 0 Å². The first-order valence-electron chi connectivity index (χ1n) is 11.9. The molecule has 0 spiro atoms. The van der Waals surface area contributed by atoms with Crippen LogP contribution in [0.25, 0.3) is 11.1 Å². The lowest BCUT2D eigenvalue weighted by Crippen LogP contribution is -2.49. The van der Waals surface area contributed by atoms with E-state index in [2.05, 4.69) is 10.1 Å². The highest BCUT2D eigenvalue weighted by Crippen LogP contribution is 2.41. The molecule has 2 atom stereocenters. The molecule has 0 saturated carbocycles. The Labute approximate surface area is 216 Å². The number of carbonyl (C=O) groups is 1. The lowest BCUT2D eigenvalue weighted by molar-refractivity contribution is -0.274. The third-order valence-corrected chi connectivity index (χ3v) is 8.61. The summed E-state index contributed by atoms with van der Waals surface area (Å²) in [6.45, 7) is 2.10. The fourth-order valence-electron chi connectivity index (χ4n) is 5.31. The number of hydrogen-bond acceptors (Lipinski definition) is 5. The predicted octanol–water partition coefficient (Wildman–Crippen LogP) is 4.18. The Morgan fingerprint density at radius 1 is 0.974 bits per heavy atom. The van der Waals surface area contributed by atoms with E-state index < -0.39 is 16.4 Å². The molecule has 3 heterocycles. The van der Waals surface area contributed by atoms with Crippen molar-refractivity contribution in [3.63, 3.8) is 0 Å². The molecule has 1 saturated heterocycles.